The van der Waals surface area contributed by atoms with Gasteiger partial charge in [0.05, 0.1) is 5.75 Å². The number of likely N-dealkylation sites (tertiary alicyclic amines) is 1. The van der Waals surface area contributed by atoms with Crippen molar-refractivity contribution in [2.75, 3.05) is 18.8 Å². The fourth-order valence-corrected chi connectivity index (χ4v) is 4.41. The van der Waals surface area contributed by atoms with Crippen LogP contribution in [0.1, 0.15) is 40.9 Å². The van der Waals surface area contributed by atoms with Gasteiger partial charge in [-0.15, -0.1) is 5.10 Å². The van der Waals surface area contributed by atoms with E-state index in [1.165, 1.54) is 28.5 Å². The smallest absolute Gasteiger partial charge is 0.253 e. The summed E-state index contributed by atoms with van der Waals surface area (Å²) in [7, 11) is 0. The number of fused-ring (bicyclic) bond motifs is 1. The molecule has 1 fully saturated rings. The van der Waals surface area contributed by atoms with Crippen LogP contribution in [0.5, 0.6) is 0 Å². The zero-order valence-corrected chi connectivity index (χ0v) is 17.4. The molecule has 3 aromatic rings. The van der Waals surface area contributed by atoms with Crippen LogP contribution in [-0.4, -0.2) is 49.2 Å². The Morgan fingerprint density at radius 1 is 1.11 bits per heavy atom. The fraction of sp³-hybridized carbons (Fsp3) is 0.429. The highest BCUT2D eigenvalue weighted by Gasteiger charge is 2.19. The van der Waals surface area contributed by atoms with Gasteiger partial charge in [-0.2, -0.15) is 4.98 Å². The topological polar surface area (TPSA) is 63.4 Å². The van der Waals surface area contributed by atoms with Gasteiger partial charge < -0.3 is 4.90 Å². The third-order valence-electron chi connectivity index (χ3n) is 5.44. The maximum absolute atomic E-state index is 12.3. The molecule has 0 radical (unpaired) electrons. The third-order valence-corrected chi connectivity index (χ3v) is 6.26. The first-order chi connectivity index (χ1) is 13.5. The van der Waals surface area contributed by atoms with Crippen molar-refractivity contribution >= 4 is 23.4 Å². The van der Waals surface area contributed by atoms with Gasteiger partial charge in [0, 0.05) is 30.9 Å². The fourth-order valence-electron chi connectivity index (χ4n) is 3.69. The summed E-state index contributed by atoms with van der Waals surface area (Å²) in [5.74, 6) is 1.15. The zero-order valence-electron chi connectivity index (χ0n) is 16.6. The molecule has 6 nitrogen and oxygen atoms in total. The molecule has 1 aliphatic heterocycles. The van der Waals surface area contributed by atoms with E-state index in [0.29, 0.717) is 16.7 Å². The van der Waals surface area contributed by atoms with Crippen molar-refractivity contribution in [2.45, 2.75) is 45.2 Å². The number of benzene rings is 1. The number of hydrogen-bond acceptors (Lipinski definition) is 5. The molecule has 0 atom stereocenters. The van der Waals surface area contributed by atoms with E-state index in [9.17, 15) is 4.79 Å². The molecule has 28 heavy (non-hydrogen) atoms. The molecule has 0 spiro atoms. The number of aryl methyl sites for hydroxylation is 3. The van der Waals surface area contributed by atoms with E-state index in [1.807, 2.05) is 16.3 Å². The molecule has 2 aromatic heterocycles. The zero-order chi connectivity index (χ0) is 19.7. The van der Waals surface area contributed by atoms with Crippen LogP contribution in [0.15, 0.2) is 29.4 Å². The lowest BCUT2D eigenvalue weighted by atomic mass is 9.99. The molecule has 1 aliphatic rings. The highest BCUT2D eigenvalue weighted by molar-refractivity contribution is 7.99. The van der Waals surface area contributed by atoms with Crippen LogP contribution >= 0.6 is 11.8 Å². The molecular formula is C21H25N5OS. The standard InChI is InChI=1S/C21H25N5OS/c1-14-8-4-5-9-17(14)12-18-15(2)22-20-23-21(24-26(20)16(18)3)28-13-19(27)25-10-6-7-11-25/h4-5,8-9H,6-7,10-13H2,1-3H3. The van der Waals surface area contributed by atoms with Gasteiger partial charge in [-0.25, -0.2) is 9.50 Å². The summed E-state index contributed by atoms with van der Waals surface area (Å²) in [5.41, 5.74) is 5.77. The van der Waals surface area contributed by atoms with E-state index in [-0.39, 0.29) is 5.91 Å². The molecule has 3 heterocycles. The molecular weight excluding hydrogens is 370 g/mol. The number of thioether (sulfide) groups is 1. The lowest BCUT2D eigenvalue weighted by Crippen LogP contribution is -2.29. The minimum Gasteiger partial charge on any atom is -0.342 e. The molecule has 1 aromatic carbocycles. The van der Waals surface area contributed by atoms with Crippen molar-refractivity contribution in [3.05, 3.63) is 52.3 Å². The number of carbonyl (C=O) groups excluding carboxylic acids is 1. The molecule has 1 amide bonds. The highest BCUT2D eigenvalue weighted by Crippen LogP contribution is 2.22. The second kappa shape index (κ2) is 7.91. The van der Waals surface area contributed by atoms with Crippen molar-refractivity contribution in [3.63, 3.8) is 0 Å². The van der Waals surface area contributed by atoms with Gasteiger partial charge in [-0.05, 0) is 50.3 Å². The van der Waals surface area contributed by atoms with Crippen LogP contribution in [0, 0.1) is 20.8 Å². The molecule has 7 heteroatoms. The van der Waals surface area contributed by atoms with E-state index in [1.54, 1.807) is 0 Å². The molecule has 0 bridgehead atoms. The van der Waals surface area contributed by atoms with E-state index in [0.717, 1.165) is 43.7 Å². The van der Waals surface area contributed by atoms with Crippen LogP contribution in [0.3, 0.4) is 0 Å². The Bertz CT molecular complexity index is 1020. The predicted octanol–water partition coefficient (Wildman–Crippen LogP) is 3.35. The van der Waals surface area contributed by atoms with Crippen molar-refractivity contribution in [2.24, 2.45) is 0 Å². The minimum absolute atomic E-state index is 0.169. The lowest BCUT2D eigenvalue weighted by Gasteiger charge is -2.13. The molecule has 4 rings (SSSR count). The molecule has 146 valence electrons. The van der Waals surface area contributed by atoms with Gasteiger partial charge in [-0.1, -0.05) is 36.0 Å². The number of nitrogens with zero attached hydrogens (tertiary/aromatic N) is 5. The monoisotopic (exact) mass is 395 g/mol. The Labute approximate surface area is 169 Å². The molecule has 0 aliphatic carbocycles. The Balaban J connectivity index is 1.56. The summed E-state index contributed by atoms with van der Waals surface area (Å²) in [5, 5.41) is 5.22. The van der Waals surface area contributed by atoms with E-state index in [2.05, 4.69) is 53.2 Å². The van der Waals surface area contributed by atoms with Crippen molar-refractivity contribution in [1.29, 1.82) is 0 Å². The van der Waals surface area contributed by atoms with E-state index >= 15 is 0 Å². The minimum atomic E-state index is 0.169. The second-order valence-electron chi connectivity index (χ2n) is 7.35. The summed E-state index contributed by atoms with van der Waals surface area (Å²) >= 11 is 1.39. The first-order valence-corrected chi connectivity index (χ1v) is 10.7. The van der Waals surface area contributed by atoms with Gasteiger partial charge in [0.1, 0.15) is 0 Å². The summed E-state index contributed by atoms with van der Waals surface area (Å²) in [6.45, 7) is 7.97. The van der Waals surface area contributed by atoms with Crippen LogP contribution in [0.4, 0.5) is 0 Å². The number of hydrogen-bond donors (Lipinski definition) is 0. The summed E-state index contributed by atoms with van der Waals surface area (Å²) in [6.07, 6.45) is 3.03. The van der Waals surface area contributed by atoms with Gasteiger partial charge in [0.15, 0.2) is 0 Å². The number of carbonyl (C=O) groups is 1. The number of amides is 1. The second-order valence-corrected chi connectivity index (χ2v) is 8.29. The summed E-state index contributed by atoms with van der Waals surface area (Å²) in [6, 6.07) is 8.42. The first kappa shape index (κ1) is 18.9. The first-order valence-electron chi connectivity index (χ1n) is 9.71. The Kier molecular flexibility index (Phi) is 5.35. The molecule has 0 saturated carbocycles. The number of rotatable bonds is 5. The van der Waals surface area contributed by atoms with Gasteiger partial charge >= 0.3 is 0 Å². The molecule has 1 saturated heterocycles. The number of aromatic nitrogens is 4. The Morgan fingerprint density at radius 2 is 1.86 bits per heavy atom. The molecule has 0 N–H and O–H groups in total. The Morgan fingerprint density at radius 3 is 2.61 bits per heavy atom. The van der Waals surface area contributed by atoms with Crippen LogP contribution < -0.4 is 0 Å². The van der Waals surface area contributed by atoms with E-state index in [4.69, 9.17) is 0 Å². The average Bonchev–Trinajstić information content (AvgIpc) is 3.34. The van der Waals surface area contributed by atoms with Gasteiger partial charge in [-0.3, -0.25) is 4.79 Å². The summed E-state index contributed by atoms with van der Waals surface area (Å²) < 4.78 is 1.81. The maximum Gasteiger partial charge on any atom is 0.253 e. The largest absolute Gasteiger partial charge is 0.342 e. The maximum atomic E-state index is 12.3. The van der Waals surface area contributed by atoms with Crippen LogP contribution in [-0.2, 0) is 11.2 Å². The van der Waals surface area contributed by atoms with Gasteiger partial charge in [0.2, 0.25) is 11.1 Å². The van der Waals surface area contributed by atoms with Crippen molar-refractivity contribution < 1.29 is 4.79 Å². The van der Waals surface area contributed by atoms with Crippen molar-refractivity contribution in [3.8, 4) is 0 Å². The van der Waals surface area contributed by atoms with Crippen LogP contribution in [0.2, 0.25) is 0 Å². The summed E-state index contributed by atoms with van der Waals surface area (Å²) in [4.78, 5) is 23.4. The molecule has 0 unspecified atom stereocenters. The lowest BCUT2D eigenvalue weighted by molar-refractivity contribution is -0.127. The van der Waals surface area contributed by atoms with Gasteiger partial charge in [0.25, 0.3) is 5.78 Å². The Hall–Kier alpha value is -2.41. The predicted molar refractivity (Wildman–Crippen MR) is 111 cm³/mol. The average molecular weight is 396 g/mol. The van der Waals surface area contributed by atoms with E-state index < -0.39 is 0 Å². The normalized spacial score (nSPS) is 14.2. The van der Waals surface area contributed by atoms with Crippen molar-refractivity contribution in [1.82, 2.24) is 24.5 Å². The third kappa shape index (κ3) is 3.76. The SMILES string of the molecule is Cc1ccccc1Cc1c(C)nc2nc(SCC(=O)N3CCCC3)nn2c1C. The quantitative estimate of drug-likeness (QED) is 0.620. The van der Waals surface area contributed by atoms with Crippen LogP contribution in [0.25, 0.3) is 5.78 Å². The highest BCUT2D eigenvalue weighted by atomic mass is 32.2.